The number of hydrogen-bond donors (Lipinski definition) is 2. The molecule has 4 rings (SSSR count). The van der Waals surface area contributed by atoms with Crippen LogP contribution in [-0.2, 0) is 9.47 Å². The fourth-order valence-electron chi connectivity index (χ4n) is 3.12. The predicted octanol–water partition coefficient (Wildman–Crippen LogP) is 2.92. The Hall–Kier alpha value is -1.24. The number of imidazole rings is 1. The van der Waals surface area contributed by atoms with Gasteiger partial charge in [0.05, 0.1) is 23.7 Å². The number of aromatic nitrogens is 2. The Labute approximate surface area is 127 Å². The number of aromatic amines is 1. The third kappa shape index (κ3) is 2.63. The normalized spacial score (nSPS) is 24.3. The molecule has 1 spiro atoms. The zero-order valence-corrected chi connectivity index (χ0v) is 12.6. The Balaban J connectivity index is 1.39. The van der Waals surface area contributed by atoms with Crippen molar-refractivity contribution in [2.45, 2.75) is 42.7 Å². The molecule has 1 aromatic heterocycles. The average Bonchev–Trinajstić information content (AvgIpc) is 3.18. The maximum absolute atomic E-state index is 6.12. The van der Waals surface area contributed by atoms with E-state index in [9.17, 15) is 0 Å². The monoisotopic (exact) mass is 305 g/mol. The number of thioether (sulfide) groups is 1. The van der Waals surface area contributed by atoms with Crippen LogP contribution in [0.15, 0.2) is 23.4 Å². The van der Waals surface area contributed by atoms with Crippen molar-refractivity contribution < 1.29 is 9.47 Å². The van der Waals surface area contributed by atoms with Crippen molar-refractivity contribution in [2.24, 2.45) is 0 Å². The van der Waals surface area contributed by atoms with Crippen LogP contribution in [0.3, 0.4) is 0 Å². The summed E-state index contributed by atoms with van der Waals surface area (Å²) in [6.45, 7) is 0.695. The molecule has 3 N–H and O–H groups in total. The van der Waals surface area contributed by atoms with E-state index < -0.39 is 0 Å². The molecule has 1 aliphatic heterocycles. The van der Waals surface area contributed by atoms with E-state index in [2.05, 4.69) is 9.97 Å². The van der Waals surface area contributed by atoms with Gasteiger partial charge in [-0.05, 0) is 31.0 Å². The minimum Gasteiger partial charge on any atom is -0.399 e. The number of nitrogens with zero attached hydrogens (tertiary/aromatic N) is 1. The van der Waals surface area contributed by atoms with Crippen LogP contribution >= 0.6 is 11.8 Å². The lowest BCUT2D eigenvalue weighted by Crippen LogP contribution is -2.27. The van der Waals surface area contributed by atoms with E-state index in [4.69, 9.17) is 15.2 Å². The number of benzene rings is 1. The van der Waals surface area contributed by atoms with E-state index in [1.807, 2.05) is 18.2 Å². The zero-order chi connectivity index (χ0) is 14.3. The van der Waals surface area contributed by atoms with Gasteiger partial charge in [-0.1, -0.05) is 11.8 Å². The van der Waals surface area contributed by atoms with Gasteiger partial charge in [-0.15, -0.1) is 0 Å². The Bertz CT molecular complexity index is 651. The fourth-order valence-corrected chi connectivity index (χ4v) is 3.97. The molecule has 1 saturated heterocycles. The van der Waals surface area contributed by atoms with Crippen LogP contribution in [0.2, 0.25) is 0 Å². The van der Waals surface area contributed by atoms with Gasteiger partial charge in [0.1, 0.15) is 0 Å². The first-order valence-corrected chi connectivity index (χ1v) is 8.41. The van der Waals surface area contributed by atoms with Crippen LogP contribution in [0.4, 0.5) is 5.69 Å². The van der Waals surface area contributed by atoms with E-state index in [0.717, 1.165) is 40.5 Å². The van der Waals surface area contributed by atoms with Crippen molar-refractivity contribution in [2.75, 3.05) is 18.1 Å². The number of hydrogen-bond acceptors (Lipinski definition) is 5. The van der Waals surface area contributed by atoms with E-state index in [-0.39, 0.29) is 11.9 Å². The van der Waals surface area contributed by atoms with Crippen LogP contribution in [0.5, 0.6) is 0 Å². The quantitative estimate of drug-likeness (QED) is 0.674. The second kappa shape index (κ2) is 5.19. The second-order valence-corrected chi connectivity index (χ2v) is 6.81. The molecule has 21 heavy (non-hydrogen) atoms. The highest BCUT2D eigenvalue weighted by Gasteiger charge is 2.43. The summed E-state index contributed by atoms with van der Waals surface area (Å²) in [5.41, 5.74) is 8.46. The van der Waals surface area contributed by atoms with Gasteiger partial charge in [0, 0.05) is 24.3 Å². The van der Waals surface area contributed by atoms with Crippen LogP contribution in [0, 0.1) is 0 Å². The number of fused-ring (bicyclic) bond motifs is 1. The number of H-pyrrole nitrogens is 1. The number of nitrogens with one attached hydrogen (secondary N) is 1. The Morgan fingerprint density at radius 3 is 3.10 bits per heavy atom. The van der Waals surface area contributed by atoms with Crippen molar-refractivity contribution in [1.82, 2.24) is 9.97 Å². The number of ether oxygens (including phenoxy) is 2. The molecule has 1 aromatic carbocycles. The first-order chi connectivity index (χ1) is 10.2. The van der Waals surface area contributed by atoms with Crippen LogP contribution in [0.1, 0.15) is 25.7 Å². The molecular formula is C15H19N3O2S. The topological polar surface area (TPSA) is 73.2 Å². The van der Waals surface area contributed by atoms with Gasteiger partial charge in [0.2, 0.25) is 0 Å². The van der Waals surface area contributed by atoms with Crippen LogP contribution < -0.4 is 5.73 Å². The highest BCUT2D eigenvalue weighted by atomic mass is 32.2. The van der Waals surface area contributed by atoms with Crippen LogP contribution in [-0.4, -0.2) is 34.2 Å². The van der Waals surface area contributed by atoms with Gasteiger partial charge >= 0.3 is 0 Å². The first kappa shape index (κ1) is 13.4. The van der Waals surface area contributed by atoms with Crippen molar-refractivity contribution in [3.63, 3.8) is 0 Å². The highest BCUT2D eigenvalue weighted by molar-refractivity contribution is 7.99. The van der Waals surface area contributed by atoms with E-state index in [0.29, 0.717) is 6.61 Å². The van der Waals surface area contributed by atoms with Crippen molar-refractivity contribution in [3.8, 4) is 0 Å². The molecule has 112 valence electrons. The summed E-state index contributed by atoms with van der Waals surface area (Å²) in [4.78, 5) is 7.86. The molecule has 0 amide bonds. The summed E-state index contributed by atoms with van der Waals surface area (Å²) < 4.78 is 12.0. The molecule has 0 bridgehead atoms. The SMILES string of the molecule is Nc1ccc2nc(SCC3COC4(CCCC4)O3)[nH]c2c1. The van der Waals surface area contributed by atoms with Gasteiger partial charge in [-0.25, -0.2) is 4.98 Å². The number of rotatable bonds is 3. The molecule has 1 saturated carbocycles. The summed E-state index contributed by atoms with van der Waals surface area (Å²) in [5.74, 6) is 0.588. The summed E-state index contributed by atoms with van der Waals surface area (Å²) in [6.07, 6.45) is 4.66. The summed E-state index contributed by atoms with van der Waals surface area (Å²) in [7, 11) is 0. The van der Waals surface area contributed by atoms with Gasteiger partial charge in [0.25, 0.3) is 0 Å². The fraction of sp³-hybridized carbons (Fsp3) is 0.533. The molecule has 1 atom stereocenters. The van der Waals surface area contributed by atoms with Gasteiger partial charge in [-0.2, -0.15) is 0 Å². The molecule has 6 heteroatoms. The summed E-state index contributed by atoms with van der Waals surface area (Å²) in [6, 6.07) is 5.72. The average molecular weight is 305 g/mol. The van der Waals surface area contributed by atoms with Crippen molar-refractivity contribution in [1.29, 1.82) is 0 Å². The maximum atomic E-state index is 6.12. The highest BCUT2D eigenvalue weighted by Crippen LogP contribution is 2.40. The Morgan fingerprint density at radius 1 is 1.38 bits per heavy atom. The molecule has 5 nitrogen and oxygen atoms in total. The third-order valence-electron chi connectivity index (χ3n) is 4.17. The lowest BCUT2D eigenvalue weighted by molar-refractivity contribution is -0.159. The van der Waals surface area contributed by atoms with Crippen molar-refractivity contribution in [3.05, 3.63) is 18.2 Å². The number of nitrogens with two attached hydrogens (primary N) is 1. The minimum absolute atomic E-state index is 0.159. The first-order valence-electron chi connectivity index (χ1n) is 7.42. The Morgan fingerprint density at radius 2 is 2.24 bits per heavy atom. The lowest BCUT2D eigenvalue weighted by atomic mass is 10.2. The molecule has 1 aliphatic carbocycles. The molecular weight excluding hydrogens is 286 g/mol. The smallest absolute Gasteiger partial charge is 0.168 e. The van der Waals surface area contributed by atoms with E-state index in [1.54, 1.807) is 11.8 Å². The van der Waals surface area contributed by atoms with Gasteiger partial charge in [-0.3, -0.25) is 0 Å². The largest absolute Gasteiger partial charge is 0.399 e. The van der Waals surface area contributed by atoms with Crippen molar-refractivity contribution >= 4 is 28.5 Å². The maximum Gasteiger partial charge on any atom is 0.168 e. The molecule has 2 aliphatic rings. The second-order valence-electron chi connectivity index (χ2n) is 5.80. The Kier molecular flexibility index (Phi) is 3.32. The van der Waals surface area contributed by atoms with E-state index in [1.165, 1.54) is 12.8 Å². The lowest BCUT2D eigenvalue weighted by Gasteiger charge is -2.21. The summed E-state index contributed by atoms with van der Waals surface area (Å²) >= 11 is 1.68. The zero-order valence-electron chi connectivity index (χ0n) is 11.8. The summed E-state index contributed by atoms with van der Waals surface area (Å²) in [5, 5.41) is 0.909. The standard InChI is InChI=1S/C15H19N3O2S/c16-10-3-4-12-13(7-10)18-14(17-12)21-9-11-8-19-15(20-11)5-1-2-6-15/h3-4,7,11H,1-2,5-6,8-9,16H2,(H,17,18). The minimum atomic E-state index is -0.270. The van der Waals surface area contributed by atoms with E-state index >= 15 is 0 Å². The van der Waals surface area contributed by atoms with Gasteiger partial charge in [0.15, 0.2) is 10.9 Å². The molecule has 2 aromatic rings. The van der Waals surface area contributed by atoms with Gasteiger partial charge < -0.3 is 20.2 Å². The molecule has 2 fully saturated rings. The molecule has 2 heterocycles. The number of nitrogen functional groups attached to an aromatic ring is 1. The predicted molar refractivity (Wildman–Crippen MR) is 83.3 cm³/mol. The third-order valence-corrected chi connectivity index (χ3v) is 5.17. The molecule has 1 unspecified atom stereocenters. The molecule has 0 radical (unpaired) electrons. The number of anilines is 1. The van der Waals surface area contributed by atoms with Crippen LogP contribution in [0.25, 0.3) is 11.0 Å².